The first-order chi connectivity index (χ1) is 8.48. The van der Waals surface area contributed by atoms with E-state index in [9.17, 15) is 14.3 Å². The molecule has 0 bridgehead atoms. The van der Waals surface area contributed by atoms with Crippen LogP contribution < -0.4 is 0 Å². The van der Waals surface area contributed by atoms with Gasteiger partial charge in [0.1, 0.15) is 5.69 Å². The number of carbonyl (C=O) groups is 1. The summed E-state index contributed by atoms with van der Waals surface area (Å²) >= 11 is 0. The highest BCUT2D eigenvalue weighted by molar-refractivity contribution is 5.92. The number of pyridine rings is 1. The first kappa shape index (κ1) is 13.0. The van der Waals surface area contributed by atoms with Crippen molar-refractivity contribution in [1.29, 1.82) is 0 Å². The number of aromatic nitrogens is 1. The van der Waals surface area contributed by atoms with Gasteiger partial charge in [0.15, 0.2) is 0 Å². The van der Waals surface area contributed by atoms with Gasteiger partial charge in [0.05, 0.1) is 5.60 Å². The molecule has 1 amide bonds. The van der Waals surface area contributed by atoms with E-state index in [-0.39, 0.29) is 11.6 Å². The molecule has 1 aromatic heterocycles. The van der Waals surface area contributed by atoms with Crippen molar-refractivity contribution in [3.8, 4) is 0 Å². The monoisotopic (exact) mass is 252 g/mol. The fraction of sp³-hybridized carbons (Fsp3) is 0.538. The number of carbonyl (C=O) groups excluding carboxylic acids is 1. The summed E-state index contributed by atoms with van der Waals surface area (Å²) in [6.07, 6.45) is 1.95. The van der Waals surface area contributed by atoms with Crippen LogP contribution in [0.2, 0.25) is 0 Å². The predicted molar refractivity (Wildman–Crippen MR) is 64.6 cm³/mol. The average Bonchev–Trinajstić information content (AvgIpc) is 2.49. The lowest BCUT2D eigenvalue weighted by Crippen LogP contribution is -2.34. The third-order valence-corrected chi connectivity index (χ3v) is 3.29. The summed E-state index contributed by atoms with van der Waals surface area (Å²) in [6.45, 7) is 2.83. The van der Waals surface area contributed by atoms with E-state index in [4.69, 9.17) is 0 Å². The molecule has 5 heteroatoms. The van der Waals surface area contributed by atoms with E-state index < -0.39 is 11.5 Å². The molecule has 0 aromatic carbocycles. The van der Waals surface area contributed by atoms with Gasteiger partial charge in [-0.15, -0.1) is 0 Å². The molecule has 0 aliphatic carbocycles. The molecule has 0 spiro atoms. The molecular weight excluding hydrogens is 235 g/mol. The third-order valence-electron chi connectivity index (χ3n) is 3.29. The topological polar surface area (TPSA) is 53.4 Å². The minimum atomic E-state index is -0.718. The number of hydrogen-bond acceptors (Lipinski definition) is 3. The number of rotatable bonds is 1. The van der Waals surface area contributed by atoms with Crippen LogP contribution in [0.4, 0.5) is 4.39 Å². The Morgan fingerprint density at radius 3 is 2.94 bits per heavy atom. The number of likely N-dealkylation sites (tertiary alicyclic amines) is 1. The molecule has 1 N–H and O–H groups in total. The predicted octanol–water partition coefficient (Wildman–Crippen LogP) is 1.60. The van der Waals surface area contributed by atoms with Gasteiger partial charge in [0.25, 0.3) is 5.91 Å². The Hall–Kier alpha value is -1.49. The highest BCUT2D eigenvalue weighted by Crippen LogP contribution is 2.22. The van der Waals surface area contributed by atoms with Gasteiger partial charge in [-0.25, -0.2) is 4.98 Å². The van der Waals surface area contributed by atoms with Gasteiger partial charge in [-0.05, 0) is 38.3 Å². The van der Waals surface area contributed by atoms with E-state index in [1.54, 1.807) is 11.8 Å². The molecule has 98 valence electrons. The van der Waals surface area contributed by atoms with Gasteiger partial charge in [-0.1, -0.05) is 6.07 Å². The molecule has 1 unspecified atom stereocenters. The standard InChI is InChI=1S/C13H17FN2O2/c1-13(18)6-3-8-16(9-7-13)12(17)10-4-2-5-11(14)15-10/h2,4-5,18H,3,6-9H2,1H3. The van der Waals surface area contributed by atoms with E-state index in [0.717, 1.165) is 6.42 Å². The first-order valence-electron chi connectivity index (χ1n) is 6.12. The first-order valence-corrected chi connectivity index (χ1v) is 6.12. The second-order valence-electron chi connectivity index (χ2n) is 4.99. The largest absolute Gasteiger partial charge is 0.390 e. The number of nitrogens with zero attached hydrogens (tertiary/aromatic N) is 2. The van der Waals surface area contributed by atoms with Gasteiger partial charge in [-0.2, -0.15) is 4.39 Å². The summed E-state index contributed by atoms with van der Waals surface area (Å²) in [5.74, 6) is -0.921. The van der Waals surface area contributed by atoms with Crippen LogP contribution in [0.1, 0.15) is 36.7 Å². The van der Waals surface area contributed by atoms with Crippen molar-refractivity contribution in [3.63, 3.8) is 0 Å². The second-order valence-corrected chi connectivity index (χ2v) is 4.99. The van der Waals surface area contributed by atoms with Crippen molar-refractivity contribution in [1.82, 2.24) is 9.88 Å². The molecule has 1 saturated heterocycles. The summed E-state index contributed by atoms with van der Waals surface area (Å²) < 4.78 is 13.0. The van der Waals surface area contributed by atoms with Crippen LogP contribution in [0, 0.1) is 5.95 Å². The molecule has 4 nitrogen and oxygen atoms in total. The number of amides is 1. The molecule has 1 fully saturated rings. The Bertz CT molecular complexity index is 448. The van der Waals surface area contributed by atoms with Crippen molar-refractivity contribution in [2.45, 2.75) is 31.8 Å². The minimum absolute atomic E-state index is 0.122. The Morgan fingerprint density at radius 2 is 2.22 bits per heavy atom. The molecule has 1 aromatic rings. The minimum Gasteiger partial charge on any atom is -0.390 e. The molecular formula is C13H17FN2O2. The van der Waals surface area contributed by atoms with E-state index in [1.165, 1.54) is 18.2 Å². The van der Waals surface area contributed by atoms with Crippen LogP contribution >= 0.6 is 0 Å². The van der Waals surface area contributed by atoms with E-state index in [2.05, 4.69) is 4.98 Å². The van der Waals surface area contributed by atoms with Crippen molar-refractivity contribution in [2.75, 3.05) is 13.1 Å². The Kier molecular flexibility index (Phi) is 3.61. The van der Waals surface area contributed by atoms with Gasteiger partial charge >= 0.3 is 0 Å². The van der Waals surface area contributed by atoms with Crippen LogP contribution in [-0.4, -0.2) is 39.6 Å². The molecule has 1 atom stereocenters. The SMILES string of the molecule is CC1(O)CCCN(C(=O)c2cccc(F)n2)CC1. The smallest absolute Gasteiger partial charge is 0.272 e. The summed E-state index contributed by atoms with van der Waals surface area (Å²) in [6, 6.07) is 4.20. The Morgan fingerprint density at radius 1 is 1.44 bits per heavy atom. The normalized spacial score (nSPS) is 24.7. The maximum absolute atomic E-state index is 13.0. The third kappa shape index (κ3) is 3.04. The molecule has 1 aliphatic heterocycles. The molecule has 2 rings (SSSR count). The Labute approximate surface area is 105 Å². The van der Waals surface area contributed by atoms with Crippen LogP contribution in [0.15, 0.2) is 18.2 Å². The maximum Gasteiger partial charge on any atom is 0.272 e. The lowest BCUT2D eigenvalue weighted by Gasteiger charge is -2.22. The summed E-state index contributed by atoms with van der Waals surface area (Å²) in [5, 5.41) is 9.96. The molecule has 0 saturated carbocycles. The van der Waals surface area contributed by atoms with Crippen LogP contribution in [0.5, 0.6) is 0 Å². The fourth-order valence-electron chi connectivity index (χ4n) is 2.16. The van der Waals surface area contributed by atoms with Gasteiger partial charge < -0.3 is 10.0 Å². The molecule has 1 aliphatic rings. The van der Waals surface area contributed by atoms with E-state index in [1.807, 2.05) is 0 Å². The maximum atomic E-state index is 13.0. The van der Waals surface area contributed by atoms with Gasteiger partial charge in [-0.3, -0.25) is 4.79 Å². The zero-order valence-corrected chi connectivity index (χ0v) is 10.4. The highest BCUT2D eigenvalue weighted by atomic mass is 19.1. The fourth-order valence-corrected chi connectivity index (χ4v) is 2.16. The number of hydrogen-bond donors (Lipinski definition) is 1. The van der Waals surface area contributed by atoms with Crippen LogP contribution in [0.3, 0.4) is 0 Å². The Balaban J connectivity index is 2.10. The van der Waals surface area contributed by atoms with E-state index in [0.29, 0.717) is 25.9 Å². The van der Waals surface area contributed by atoms with E-state index >= 15 is 0 Å². The average molecular weight is 252 g/mol. The van der Waals surface area contributed by atoms with Gasteiger partial charge in [0, 0.05) is 13.1 Å². The van der Waals surface area contributed by atoms with Crippen molar-refractivity contribution in [3.05, 3.63) is 29.8 Å². The van der Waals surface area contributed by atoms with Crippen LogP contribution in [0.25, 0.3) is 0 Å². The lowest BCUT2D eigenvalue weighted by molar-refractivity contribution is 0.0437. The number of aliphatic hydroxyl groups is 1. The van der Waals surface area contributed by atoms with Crippen LogP contribution in [-0.2, 0) is 0 Å². The van der Waals surface area contributed by atoms with Gasteiger partial charge in [0.2, 0.25) is 5.95 Å². The van der Waals surface area contributed by atoms with Crippen molar-refractivity contribution >= 4 is 5.91 Å². The summed E-state index contributed by atoms with van der Waals surface area (Å²) in [4.78, 5) is 17.4. The van der Waals surface area contributed by atoms with Crippen molar-refractivity contribution < 1.29 is 14.3 Å². The highest BCUT2D eigenvalue weighted by Gasteiger charge is 2.27. The lowest BCUT2D eigenvalue weighted by atomic mass is 9.98. The molecule has 0 radical (unpaired) electrons. The zero-order chi connectivity index (χ0) is 13.2. The zero-order valence-electron chi connectivity index (χ0n) is 10.4. The van der Waals surface area contributed by atoms with Crippen molar-refractivity contribution in [2.24, 2.45) is 0 Å². The quantitative estimate of drug-likeness (QED) is 0.772. The number of halogens is 1. The molecule has 18 heavy (non-hydrogen) atoms. The summed E-state index contributed by atoms with van der Waals surface area (Å²) in [7, 11) is 0. The molecule has 2 heterocycles. The summed E-state index contributed by atoms with van der Waals surface area (Å²) in [5.41, 5.74) is -0.596. The second kappa shape index (κ2) is 5.02.